The Labute approximate surface area is 88.6 Å². The van der Waals surface area contributed by atoms with Gasteiger partial charge in [-0.3, -0.25) is 4.79 Å². The van der Waals surface area contributed by atoms with Crippen molar-refractivity contribution in [2.24, 2.45) is 0 Å². The highest BCUT2D eigenvalue weighted by Crippen LogP contribution is 2.25. The molecule has 0 aromatic carbocycles. The van der Waals surface area contributed by atoms with Crippen LogP contribution in [0.15, 0.2) is 0 Å². The Morgan fingerprint density at radius 3 is 3.07 bits per heavy atom. The van der Waals surface area contributed by atoms with E-state index in [-0.39, 0.29) is 24.6 Å². The topological polar surface area (TPSA) is 54.0 Å². The Bertz CT molecular complexity index is 230. The second-order valence-electron chi connectivity index (χ2n) is 3.64. The van der Waals surface area contributed by atoms with Crippen molar-refractivity contribution < 1.29 is 23.7 Å². The zero-order chi connectivity index (χ0) is 10.7. The van der Waals surface area contributed by atoms with E-state index in [1.165, 1.54) is 0 Å². The molecular formula is C10H16O5. The van der Waals surface area contributed by atoms with Gasteiger partial charge in [0.1, 0.15) is 6.10 Å². The van der Waals surface area contributed by atoms with Gasteiger partial charge in [-0.25, -0.2) is 0 Å². The SMILES string of the molecule is CCOC(=O)CC1OCC2OCCC2O1. The summed E-state index contributed by atoms with van der Waals surface area (Å²) in [4.78, 5) is 11.2. The molecule has 5 heteroatoms. The first-order valence-corrected chi connectivity index (χ1v) is 5.34. The number of rotatable bonds is 3. The summed E-state index contributed by atoms with van der Waals surface area (Å²) in [6, 6.07) is 0. The van der Waals surface area contributed by atoms with Crippen molar-refractivity contribution in [3.63, 3.8) is 0 Å². The molecule has 0 radical (unpaired) electrons. The van der Waals surface area contributed by atoms with Gasteiger partial charge in [0.05, 0.1) is 25.7 Å². The lowest BCUT2D eigenvalue weighted by Crippen LogP contribution is -2.42. The molecule has 2 aliphatic rings. The molecule has 2 aliphatic heterocycles. The number of hydrogen-bond donors (Lipinski definition) is 0. The molecule has 0 N–H and O–H groups in total. The highest BCUT2D eigenvalue weighted by molar-refractivity contribution is 5.69. The highest BCUT2D eigenvalue weighted by Gasteiger charge is 2.37. The third-order valence-electron chi connectivity index (χ3n) is 2.56. The van der Waals surface area contributed by atoms with E-state index in [0.717, 1.165) is 6.42 Å². The van der Waals surface area contributed by atoms with Crippen molar-refractivity contribution in [2.45, 2.75) is 38.3 Å². The van der Waals surface area contributed by atoms with Crippen LogP contribution in [0.3, 0.4) is 0 Å². The molecule has 0 bridgehead atoms. The van der Waals surface area contributed by atoms with Crippen molar-refractivity contribution in [3.8, 4) is 0 Å². The van der Waals surface area contributed by atoms with Crippen molar-refractivity contribution in [3.05, 3.63) is 0 Å². The van der Waals surface area contributed by atoms with Crippen LogP contribution >= 0.6 is 0 Å². The minimum Gasteiger partial charge on any atom is -0.466 e. The Hall–Kier alpha value is -0.650. The molecule has 5 nitrogen and oxygen atoms in total. The van der Waals surface area contributed by atoms with Gasteiger partial charge in [0.2, 0.25) is 0 Å². The average molecular weight is 216 g/mol. The smallest absolute Gasteiger partial charge is 0.310 e. The van der Waals surface area contributed by atoms with E-state index in [0.29, 0.717) is 19.8 Å². The molecule has 0 aliphatic carbocycles. The highest BCUT2D eigenvalue weighted by atomic mass is 16.7. The zero-order valence-electron chi connectivity index (χ0n) is 8.81. The monoisotopic (exact) mass is 216 g/mol. The van der Waals surface area contributed by atoms with Crippen molar-refractivity contribution in [1.82, 2.24) is 0 Å². The van der Waals surface area contributed by atoms with Gasteiger partial charge in [-0.05, 0) is 13.3 Å². The van der Waals surface area contributed by atoms with Gasteiger partial charge in [-0.1, -0.05) is 0 Å². The van der Waals surface area contributed by atoms with E-state index in [1.807, 2.05) is 0 Å². The fourth-order valence-electron chi connectivity index (χ4n) is 1.84. The van der Waals surface area contributed by atoms with E-state index < -0.39 is 6.29 Å². The largest absolute Gasteiger partial charge is 0.466 e. The minimum absolute atomic E-state index is 0.0449. The summed E-state index contributed by atoms with van der Waals surface area (Å²) in [5.74, 6) is -0.278. The molecule has 2 saturated heterocycles. The van der Waals surface area contributed by atoms with Crippen molar-refractivity contribution in [1.29, 1.82) is 0 Å². The van der Waals surface area contributed by atoms with Crippen LogP contribution < -0.4 is 0 Å². The van der Waals surface area contributed by atoms with Gasteiger partial charge >= 0.3 is 5.97 Å². The third-order valence-corrected chi connectivity index (χ3v) is 2.56. The van der Waals surface area contributed by atoms with E-state index in [9.17, 15) is 4.79 Å². The fourth-order valence-corrected chi connectivity index (χ4v) is 1.84. The van der Waals surface area contributed by atoms with Crippen LogP contribution in [-0.2, 0) is 23.7 Å². The Balaban J connectivity index is 1.77. The van der Waals surface area contributed by atoms with E-state index in [4.69, 9.17) is 18.9 Å². The molecule has 0 aromatic heterocycles. The number of esters is 1. The number of carbonyl (C=O) groups is 1. The van der Waals surface area contributed by atoms with Gasteiger partial charge in [0.25, 0.3) is 0 Å². The third kappa shape index (κ3) is 2.68. The van der Waals surface area contributed by atoms with Crippen LogP contribution in [-0.4, -0.2) is 44.3 Å². The molecule has 3 atom stereocenters. The number of ether oxygens (including phenoxy) is 4. The molecule has 2 rings (SSSR count). The lowest BCUT2D eigenvalue weighted by atomic mass is 10.2. The predicted octanol–water partition coefficient (Wildman–Crippen LogP) is 0.470. The molecule has 0 amide bonds. The number of hydrogen-bond acceptors (Lipinski definition) is 5. The van der Waals surface area contributed by atoms with Gasteiger partial charge in [0, 0.05) is 6.61 Å². The molecule has 0 saturated carbocycles. The number of fused-ring (bicyclic) bond motifs is 1. The molecule has 0 aromatic rings. The Morgan fingerprint density at radius 1 is 1.40 bits per heavy atom. The quantitative estimate of drug-likeness (QED) is 0.642. The van der Waals surface area contributed by atoms with Gasteiger partial charge in [-0.2, -0.15) is 0 Å². The maximum Gasteiger partial charge on any atom is 0.310 e. The lowest BCUT2D eigenvalue weighted by molar-refractivity contribution is -0.241. The van der Waals surface area contributed by atoms with E-state index >= 15 is 0 Å². The van der Waals surface area contributed by atoms with Crippen LogP contribution in [0.4, 0.5) is 0 Å². The summed E-state index contributed by atoms with van der Waals surface area (Å²) in [6.45, 7) is 3.39. The summed E-state index contributed by atoms with van der Waals surface area (Å²) in [7, 11) is 0. The predicted molar refractivity (Wildman–Crippen MR) is 50.2 cm³/mol. The first-order valence-electron chi connectivity index (χ1n) is 5.34. The maximum atomic E-state index is 11.2. The molecule has 86 valence electrons. The van der Waals surface area contributed by atoms with E-state index in [2.05, 4.69) is 0 Å². The summed E-state index contributed by atoms with van der Waals surface area (Å²) < 4.78 is 21.2. The minimum atomic E-state index is -0.466. The normalized spacial score (nSPS) is 34.9. The summed E-state index contributed by atoms with van der Waals surface area (Å²) in [5.41, 5.74) is 0. The second kappa shape index (κ2) is 4.92. The summed E-state index contributed by atoms with van der Waals surface area (Å²) in [6.07, 6.45) is 0.707. The first kappa shape index (κ1) is 10.9. The van der Waals surface area contributed by atoms with Crippen LogP contribution in [0, 0.1) is 0 Å². The number of carbonyl (C=O) groups excluding carboxylic acids is 1. The summed E-state index contributed by atoms with van der Waals surface area (Å²) in [5, 5.41) is 0. The van der Waals surface area contributed by atoms with E-state index in [1.54, 1.807) is 6.92 Å². The van der Waals surface area contributed by atoms with Gasteiger partial charge < -0.3 is 18.9 Å². The van der Waals surface area contributed by atoms with Gasteiger partial charge in [-0.15, -0.1) is 0 Å². The van der Waals surface area contributed by atoms with Crippen molar-refractivity contribution in [2.75, 3.05) is 19.8 Å². The maximum absolute atomic E-state index is 11.2. The van der Waals surface area contributed by atoms with Crippen LogP contribution in [0.2, 0.25) is 0 Å². The molecule has 2 heterocycles. The fraction of sp³-hybridized carbons (Fsp3) is 0.900. The molecule has 0 spiro atoms. The molecule has 2 fully saturated rings. The lowest BCUT2D eigenvalue weighted by Gasteiger charge is -2.31. The molecule has 3 unspecified atom stereocenters. The van der Waals surface area contributed by atoms with Crippen molar-refractivity contribution >= 4 is 5.97 Å². The Kier molecular flexibility index (Phi) is 3.56. The average Bonchev–Trinajstić information content (AvgIpc) is 2.65. The van der Waals surface area contributed by atoms with Crippen LogP contribution in [0.1, 0.15) is 19.8 Å². The zero-order valence-corrected chi connectivity index (χ0v) is 8.81. The van der Waals surface area contributed by atoms with Crippen LogP contribution in [0.5, 0.6) is 0 Å². The van der Waals surface area contributed by atoms with Crippen LogP contribution in [0.25, 0.3) is 0 Å². The second-order valence-corrected chi connectivity index (χ2v) is 3.64. The van der Waals surface area contributed by atoms with Gasteiger partial charge in [0.15, 0.2) is 6.29 Å². The first-order chi connectivity index (χ1) is 7.29. The molecular weight excluding hydrogens is 200 g/mol. The Morgan fingerprint density at radius 2 is 2.27 bits per heavy atom. The standard InChI is InChI=1S/C10H16O5/c1-2-12-9(11)5-10-14-6-8-7(15-10)3-4-13-8/h7-8,10H,2-6H2,1H3. The molecule has 15 heavy (non-hydrogen) atoms. The summed E-state index contributed by atoms with van der Waals surface area (Å²) >= 11 is 0.